The van der Waals surface area contributed by atoms with Crippen molar-refractivity contribution in [2.24, 2.45) is 0 Å². The lowest BCUT2D eigenvalue weighted by Gasteiger charge is -1.74. The second-order valence-corrected chi connectivity index (χ2v) is 2.91. The minimum atomic E-state index is -1.26. The van der Waals surface area contributed by atoms with Crippen molar-refractivity contribution < 1.29 is 39.6 Å². The van der Waals surface area contributed by atoms with Gasteiger partial charge in [-0.1, -0.05) is 0 Å². The van der Waals surface area contributed by atoms with E-state index in [1.54, 1.807) is 24.8 Å². The van der Waals surface area contributed by atoms with Crippen LogP contribution in [0.25, 0.3) is 0 Å². The zero-order valence-electron chi connectivity index (χ0n) is 10.9. The van der Waals surface area contributed by atoms with E-state index in [2.05, 4.69) is 9.97 Å². The number of carboxylic acid groups (broad SMARTS) is 4. The predicted molar refractivity (Wildman–Crippen MR) is 70.9 cm³/mol. The van der Waals surface area contributed by atoms with Gasteiger partial charge in [0.2, 0.25) is 0 Å². The Morgan fingerprint density at radius 3 is 0.818 bits per heavy atom. The number of hydrogen-bond donors (Lipinski definition) is 4. The van der Waals surface area contributed by atoms with Crippen LogP contribution in [0, 0.1) is 0 Å². The molecule has 0 fully saturated rings. The van der Waals surface area contributed by atoms with E-state index >= 15 is 0 Å². The smallest absolute Gasteiger partial charge is 0.328 e. The number of aromatic nitrogens is 2. The number of nitrogens with zero attached hydrogens (tertiary/aromatic N) is 2. The van der Waals surface area contributed by atoms with Gasteiger partial charge in [-0.3, -0.25) is 9.97 Å². The fourth-order valence-electron chi connectivity index (χ4n) is 0.538. The molecule has 0 aliphatic heterocycles. The molecule has 1 rings (SSSR count). The molecule has 0 aromatic carbocycles. The minimum absolute atomic E-state index is 0.558. The average molecular weight is 312 g/mol. The van der Waals surface area contributed by atoms with Crippen LogP contribution in [0.5, 0.6) is 0 Å². The van der Waals surface area contributed by atoms with Crippen molar-refractivity contribution in [1.82, 2.24) is 9.97 Å². The molecule has 1 aromatic heterocycles. The Balaban J connectivity index is 0. The lowest BCUT2D eigenvalue weighted by molar-refractivity contribution is -0.134. The maximum Gasteiger partial charge on any atom is 0.328 e. The van der Waals surface area contributed by atoms with Crippen LogP contribution in [0.2, 0.25) is 0 Å². The van der Waals surface area contributed by atoms with E-state index < -0.39 is 23.9 Å². The maximum atomic E-state index is 9.55. The van der Waals surface area contributed by atoms with Gasteiger partial charge in [-0.05, 0) is 0 Å². The molecule has 22 heavy (non-hydrogen) atoms. The first kappa shape index (κ1) is 20.8. The van der Waals surface area contributed by atoms with Crippen LogP contribution in [-0.2, 0) is 19.2 Å². The second-order valence-electron chi connectivity index (χ2n) is 2.91. The summed E-state index contributed by atoms with van der Waals surface area (Å²) >= 11 is 0. The molecule has 0 bridgehead atoms. The molecule has 10 heteroatoms. The zero-order valence-corrected chi connectivity index (χ0v) is 10.9. The first-order valence-electron chi connectivity index (χ1n) is 5.23. The second kappa shape index (κ2) is 13.9. The van der Waals surface area contributed by atoms with Crippen molar-refractivity contribution in [3.05, 3.63) is 49.1 Å². The molecule has 1 aromatic rings. The van der Waals surface area contributed by atoms with Crippen molar-refractivity contribution in [2.45, 2.75) is 0 Å². The molecule has 118 valence electrons. The monoisotopic (exact) mass is 312 g/mol. The van der Waals surface area contributed by atoms with E-state index in [1.165, 1.54) is 0 Å². The molecule has 0 saturated heterocycles. The standard InChI is InChI=1S/C4H4N2.2C4H4O4/c1-2-6-4-3-5-1;2*5-3(6)1-2-4(7)8/h1-4H;2*1-2H,(H,5,6)(H,7,8)/b;2*2-1+. The molecular formula is C12H12N2O8. The van der Waals surface area contributed by atoms with Crippen LogP contribution in [-0.4, -0.2) is 54.3 Å². The average Bonchev–Trinajstić information content (AvgIpc) is 2.46. The minimum Gasteiger partial charge on any atom is -0.478 e. The molecule has 10 nitrogen and oxygen atoms in total. The molecular weight excluding hydrogens is 300 g/mol. The molecule has 0 aliphatic rings. The van der Waals surface area contributed by atoms with Gasteiger partial charge >= 0.3 is 23.9 Å². The zero-order chi connectivity index (χ0) is 17.4. The Bertz CT molecular complexity index is 447. The van der Waals surface area contributed by atoms with Gasteiger partial charge in [0, 0.05) is 49.1 Å². The number of carboxylic acids is 4. The number of carbonyl (C=O) groups is 4. The first-order chi connectivity index (χ1) is 10.3. The molecule has 1 heterocycles. The first-order valence-corrected chi connectivity index (χ1v) is 5.23. The molecule has 0 aliphatic carbocycles. The van der Waals surface area contributed by atoms with Crippen LogP contribution in [0.4, 0.5) is 0 Å². The van der Waals surface area contributed by atoms with Crippen LogP contribution in [0.1, 0.15) is 0 Å². The third kappa shape index (κ3) is 25.3. The Morgan fingerprint density at radius 1 is 0.545 bits per heavy atom. The van der Waals surface area contributed by atoms with E-state index in [0.717, 1.165) is 0 Å². The van der Waals surface area contributed by atoms with Gasteiger partial charge in [-0.2, -0.15) is 0 Å². The lowest BCUT2D eigenvalue weighted by Crippen LogP contribution is -1.91. The summed E-state index contributed by atoms with van der Waals surface area (Å²) in [6, 6.07) is 0. The topological polar surface area (TPSA) is 175 Å². The van der Waals surface area contributed by atoms with Gasteiger partial charge < -0.3 is 20.4 Å². The van der Waals surface area contributed by atoms with Crippen LogP contribution >= 0.6 is 0 Å². The summed E-state index contributed by atoms with van der Waals surface area (Å²) < 4.78 is 0. The number of hydrogen-bond acceptors (Lipinski definition) is 6. The molecule has 0 amide bonds. The van der Waals surface area contributed by atoms with Gasteiger partial charge in [-0.15, -0.1) is 0 Å². The van der Waals surface area contributed by atoms with Gasteiger partial charge in [-0.25, -0.2) is 19.2 Å². The van der Waals surface area contributed by atoms with E-state index in [4.69, 9.17) is 20.4 Å². The van der Waals surface area contributed by atoms with E-state index in [-0.39, 0.29) is 0 Å². The van der Waals surface area contributed by atoms with E-state index in [9.17, 15) is 19.2 Å². The largest absolute Gasteiger partial charge is 0.478 e. The third-order valence-corrected chi connectivity index (χ3v) is 1.21. The number of rotatable bonds is 4. The Labute approximate surface area is 123 Å². The molecule has 0 saturated carbocycles. The highest BCUT2D eigenvalue weighted by atomic mass is 16.4. The van der Waals surface area contributed by atoms with Crippen LogP contribution in [0.15, 0.2) is 49.1 Å². The van der Waals surface area contributed by atoms with Gasteiger partial charge in [0.05, 0.1) is 0 Å². The fraction of sp³-hybridized carbons (Fsp3) is 0. The summed E-state index contributed by atoms with van der Waals surface area (Å²) in [7, 11) is 0. The highest BCUT2D eigenvalue weighted by Gasteiger charge is 1.88. The van der Waals surface area contributed by atoms with Crippen LogP contribution in [0.3, 0.4) is 0 Å². The van der Waals surface area contributed by atoms with Gasteiger partial charge in [0.15, 0.2) is 0 Å². The van der Waals surface area contributed by atoms with E-state index in [0.29, 0.717) is 24.3 Å². The summed E-state index contributed by atoms with van der Waals surface area (Å²) in [5, 5.41) is 31.2. The van der Waals surface area contributed by atoms with Gasteiger partial charge in [0.25, 0.3) is 0 Å². The highest BCUT2D eigenvalue weighted by molar-refractivity contribution is 5.90. The van der Waals surface area contributed by atoms with Crippen molar-refractivity contribution in [2.75, 3.05) is 0 Å². The summed E-state index contributed by atoms with van der Waals surface area (Å²) in [6.07, 6.45) is 8.79. The van der Waals surface area contributed by atoms with Crippen molar-refractivity contribution in [1.29, 1.82) is 0 Å². The Kier molecular flexibility index (Phi) is 13.1. The quantitative estimate of drug-likeness (QED) is 0.549. The summed E-state index contributed by atoms with van der Waals surface area (Å²) in [6.45, 7) is 0. The van der Waals surface area contributed by atoms with Gasteiger partial charge in [0.1, 0.15) is 0 Å². The summed E-state index contributed by atoms with van der Waals surface area (Å²) in [5.74, 6) is -5.03. The molecule has 0 atom stereocenters. The van der Waals surface area contributed by atoms with Crippen molar-refractivity contribution >= 4 is 23.9 Å². The normalized spacial score (nSPS) is 9.09. The molecule has 0 radical (unpaired) electrons. The van der Waals surface area contributed by atoms with E-state index in [1.807, 2.05) is 0 Å². The lowest BCUT2D eigenvalue weighted by atomic mass is 10.5. The maximum absolute atomic E-state index is 9.55. The summed E-state index contributed by atoms with van der Waals surface area (Å²) in [4.78, 5) is 45.7. The fourth-order valence-corrected chi connectivity index (χ4v) is 0.538. The van der Waals surface area contributed by atoms with Crippen molar-refractivity contribution in [3.8, 4) is 0 Å². The SMILES string of the molecule is O=C(O)/C=C/C(=O)O.O=C(O)/C=C/C(=O)O.c1cnccn1. The summed E-state index contributed by atoms with van der Waals surface area (Å²) in [5.41, 5.74) is 0. The van der Waals surface area contributed by atoms with Crippen LogP contribution < -0.4 is 0 Å². The number of aliphatic carboxylic acids is 4. The Hall–Kier alpha value is -3.56. The highest BCUT2D eigenvalue weighted by Crippen LogP contribution is 1.71. The third-order valence-electron chi connectivity index (χ3n) is 1.21. The molecule has 4 N–H and O–H groups in total. The molecule has 0 spiro atoms. The molecule has 0 unspecified atom stereocenters. The predicted octanol–water partition coefficient (Wildman–Crippen LogP) is -0.0998. The van der Waals surface area contributed by atoms with Crippen molar-refractivity contribution in [3.63, 3.8) is 0 Å². The Morgan fingerprint density at radius 2 is 0.727 bits per heavy atom.